The van der Waals surface area contributed by atoms with Crippen LogP contribution in [-0.2, 0) is 0 Å². The first-order valence-corrected chi connectivity index (χ1v) is 7.17. The Morgan fingerprint density at radius 1 is 1.10 bits per heavy atom. The van der Waals surface area contributed by atoms with Crippen molar-refractivity contribution in [2.24, 2.45) is 0 Å². The molecule has 1 radical (unpaired) electrons. The number of benzene rings is 1. The van der Waals surface area contributed by atoms with Crippen molar-refractivity contribution < 1.29 is 14.2 Å². The maximum absolute atomic E-state index is 5.84. The van der Waals surface area contributed by atoms with Gasteiger partial charge in [0.15, 0.2) is 11.5 Å². The number of hydrogen-bond donors (Lipinski definition) is 0. The molecule has 0 bridgehead atoms. The van der Waals surface area contributed by atoms with Gasteiger partial charge in [-0.05, 0) is 57.0 Å². The van der Waals surface area contributed by atoms with Gasteiger partial charge in [0, 0.05) is 6.54 Å². The lowest BCUT2D eigenvalue weighted by molar-refractivity contribution is 0.250. The molecule has 1 aliphatic rings. The Balaban J connectivity index is 1.89. The van der Waals surface area contributed by atoms with Crippen LogP contribution in [0.2, 0.25) is 0 Å². The minimum absolute atomic E-state index is 0.640. The Labute approximate surface area is 121 Å². The van der Waals surface area contributed by atoms with Gasteiger partial charge in [0.25, 0.3) is 0 Å². The van der Waals surface area contributed by atoms with Gasteiger partial charge in [0.1, 0.15) is 0 Å². The summed E-state index contributed by atoms with van der Waals surface area (Å²) in [7, 11) is 3.24. The van der Waals surface area contributed by atoms with Crippen LogP contribution in [0.5, 0.6) is 17.2 Å². The lowest BCUT2D eigenvalue weighted by Gasteiger charge is -2.17. The number of likely N-dealkylation sites (tertiary alicyclic amines) is 1. The fourth-order valence-electron chi connectivity index (χ4n) is 2.57. The molecule has 0 aliphatic carbocycles. The second-order valence-corrected chi connectivity index (χ2v) is 5.08. The molecule has 0 unspecified atom stereocenters. The molecule has 0 amide bonds. The highest BCUT2D eigenvalue weighted by Crippen LogP contribution is 2.38. The molecule has 2 rings (SSSR count). The normalized spacial score (nSPS) is 15.3. The van der Waals surface area contributed by atoms with Crippen LogP contribution < -0.4 is 14.2 Å². The third-order valence-corrected chi connectivity index (χ3v) is 3.58. The Morgan fingerprint density at radius 3 is 2.45 bits per heavy atom. The van der Waals surface area contributed by atoms with Gasteiger partial charge in [0.2, 0.25) is 5.75 Å². The number of methoxy groups -OCH3 is 2. The van der Waals surface area contributed by atoms with E-state index in [0.29, 0.717) is 23.9 Å². The molecular weight excluding hydrogens is 254 g/mol. The fraction of sp³-hybridized carbons (Fsp3) is 0.562. The summed E-state index contributed by atoms with van der Waals surface area (Å²) in [5, 5.41) is 0. The molecule has 0 aromatic heterocycles. The molecule has 1 saturated heterocycles. The van der Waals surface area contributed by atoms with E-state index in [2.05, 4.69) is 11.8 Å². The Kier molecular flexibility index (Phi) is 5.53. The molecule has 4 nitrogen and oxygen atoms in total. The predicted octanol–water partition coefficient (Wildman–Crippen LogP) is 2.75. The molecular formula is C16H24NO3. The molecule has 1 aliphatic heterocycles. The van der Waals surface area contributed by atoms with E-state index in [1.807, 2.05) is 12.1 Å². The van der Waals surface area contributed by atoms with Crippen LogP contribution in [0.4, 0.5) is 0 Å². The van der Waals surface area contributed by atoms with Crippen molar-refractivity contribution in [1.82, 2.24) is 4.90 Å². The predicted molar refractivity (Wildman–Crippen MR) is 79.8 cm³/mol. The van der Waals surface area contributed by atoms with Crippen molar-refractivity contribution in [2.45, 2.75) is 19.3 Å². The molecule has 1 heterocycles. The van der Waals surface area contributed by atoms with E-state index in [9.17, 15) is 0 Å². The third-order valence-electron chi connectivity index (χ3n) is 3.58. The standard InChI is InChI=1S/C16H24NO3/c1-13-11-14(18-2)16(19-3)15(12-13)20-10-6-9-17-7-4-5-8-17/h11-12H,1,4-10H2,2-3H3. The molecule has 20 heavy (non-hydrogen) atoms. The minimum atomic E-state index is 0.640. The molecule has 0 spiro atoms. The zero-order valence-electron chi connectivity index (χ0n) is 12.5. The SMILES string of the molecule is [CH2]c1cc(OC)c(OC)c(OCCCN2CCCC2)c1. The van der Waals surface area contributed by atoms with E-state index in [1.54, 1.807) is 14.2 Å². The van der Waals surface area contributed by atoms with Gasteiger partial charge in [-0.25, -0.2) is 0 Å². The summed E-state index contributed by atoms with van der Waals surface area (Å²) in [4.78, 5) is 2.49. The summed E-state index contributed by atoms with van der Waals surface area (Å²) in [5.41, 5.74) is 0.859. The highest BCUT2D eigenvalue weighted by molar-refractivity contribution is 5.54. The summed E-state index contributed by atoms with van der Waals surface area (Å²) >= 11 is 0. The quantitative estimate of drug-likeness (QED) is 0.718. The molecule has 111 valence electrons. The van der Waals surface area contributed by atoms with E-state index in [4.69, 9.17) is 14.2 Å². The maximum Gasteiger partial charge on any atom is 0.203 e. The number of hydrogen-bond acceptors (Lipinski definition) is 4. The van der Waals surface area contributed by atoms with Crippen molar-refractivity contribution in [3.05, 3.63) is 24.6 Å². The second-order valence-electron chi connectivity index (χ2n) is 5.08. The summed E-state index contributed by atoms with van der Waals surface area (Å²) in [6.07, 6.45) is 3.68. The Hall–Kier alpha value is -1.42. The summed E-state index contributed by atoms with van der Waals surface area (Å²) in [6.45, 7) is 8.17. The van der Waals surface area contributed by atoms with E-state index in [1.165, 1.54) is 25.9 Å². The second kappa shape index (κ2) is 7.39. The summed E-state index contributed by atoms with van der Waals surface area (Å²) in [6, 6.07) is 3.73. The van der Waals surface area contributed by atoms with Crippen molar-refractivity contribution in [1.29, 1.82) is 0 Å². The molecule has 0 saturated carbocycles. The first-order valence-electron chi connectivity index (χ1n) is 7.17. The van der Waals surface area contributed by atoms with Gasteiger partial charge >= 0.3 is 0 Å². The van der Waals surface area contributed by atoms with Crippen LogP contribution in [0.25, 0.3) is 0 Å². The zero-order chi connectivity index (χ0) is 14.4. The molecule has 1 fully saturated rings. The van der Waals surface area contributed by atoms with Gasteiger partial charge in [-0.3, -0.25) is 0 Å². The first-order chi connectivity index (χ1) is 9.74. The average Bonchev–Trinajstić information content (AvgIpc) is 2.96. The summed E-state index contributed by atoms with van der Waals surface area (Å²) in [5.74, 6) is 2.01. The van der Waals surface area contributed by atoms with Crippen molar-refractivity contribution >= 4 is 0 Å². The third kappa shape index (κ3) is 3.79. The highest BCUT2D eigenvalue weighted by atomic mass is 16.5. The Bertz CT molecular complexity index is 428. The number of nitrogens with zero attached hydrogens (tertiary/aromatic N) is 1. The van der Waals surface area contributed by atoms with Gasteiger partial charge in [0.05, 0.1) is 20.8 Å². The Morgan fingerprint density at radius 2 is 1.80 bits per heavy atom. The van der Waals surface area contributed by atoms with E-state index in [0.717, 1.165) is 18.5 Å². The first kappa shape index (κ1) is 15.0. The lowest BCUT2D eigenvalue weighted by atomic mass is 10.2. The van der Waals surface area contributed by atoms with Gasteiger partial charge in [-0.2, -0.15) is 0 Å². The minimum Gasteiger partial charge on any atom is -0.493 e. The van der Waals surface area contributed by atoms with Crippen LogP contribution in [0.15, 0.2) is 12.1 Å². The van der Waals surface area contributed by atoms with Crippen LogP contribution in [0.1, 0.15) is 24.8 Å². The van der Waals surface area contributed by atoms with Crippen molar-refractivity contribution in [3.63, 3.8) is 0 Å². The molecule has 0 atom stereocenters. The molecule has 0 N–H and O–H groups in total. The van der Waals surface area contributed by atoms with Crippen molar-refractivity contribution in [2.75, 3.05) is 40.5 Å². The fourth-order valence-corrected chi connectivity index (χ4v) is 2.57. The van der Waals surface area contributed by atoms with E-state index >= 15 is 0 Å². The molecule has 1 aromatic rings. The van der Waals surface area contributed by atoms with E-state index in [-0.39, 0.29) is 0 Å². The van der Waals surface area contributed by atoms with Gasteiger partial charge in [-0.1, -0.05) is 0 Å². The van der Waals surface area contributed by atoms with Crippen LogP contribution >= 0.6 is 0 Å². The topological polar surface area (TPSA) is 30.9 Å². The number of rotatable bonds is 7. The smallest absolute Gasteiger partial charge is 0.203 e. The largest absolute Gasteiger partial charge is 0.493 e. The van der Waals surface area contributed by atoms with Gasteiger partial charge < -0.3 is 19.1 Å². The van der Waals surface area contributed by atoms with Crippen LogP contribution in [-0.4, -0.2) is 45.4 Å². The van der Waals surface area contributed by atoms with Crippen LogP contribution in [0, 0.1) is 6.92 Å². The average molecular weight is 278 g/mol. The summed E-state index contributed by atoms with van der Waals surface area (Å²) < 4.78 is 16.5. The van der Waals surface area contributed by atoms with E-state index < -0.39 is 0 Å². The van der Waals surface area contributed by atoms with Crippen LogP contribution in [0.3, 0.4) is 0 Å². The molecule has 4 heteroatoms. The monoisotopic (exact) mass is 278 g/mol. The van der Waals surface area contributed by atoms with Gasteiger partial charge in [-0.15, -0.1) is 0 Å². The zero-order valence-corrected chi connectivity index (χ0v) is 12.5. The highest BCUT2D eigenvalue weighted by Gasteiger charge is 2.13. The maximum atomic E-state index is 5.84. The molecule has 1 aromatic carbocycles. The number of ether oxygens (including phenoxy) is 3. The lowest BCUT2D eigenvalue weighted by Crippen LogP contribution is -2.21. The van der Waals surface area contributed by atoms with Crippen molar-refractivity contribution in [3.8, 4) is 17.2 Å².